The van der Waals surface area contributed by atoms with Crippen LogP contribution < -0.4 is 0 Å². The number of para-hydroxylation sites is 2. The van der Waals surface area contributed by atoms with Gasteiger partial charge in [-0.25, -0.2) is 0 Å². The van der Waals surface area contributed by atoms with E-state index in [0.717, 1.165) is 23.2 Å². The molecule has 0 radical (unpaired) electrons. The molecule has 1 nitrogen and oxygen atoms in total. The SMILES string of the molecule is CC(C)c1ccc2c(c1)-c1cc(-c3cccc4c3oc3ccccc34)ccc1C2. The summed E-state index contributed by atoms with van der Waals surface area (Å²) >= 11 is 0. The summed E-state index contributed by atoms with van der Waals surface area (Å²) < 4.78 is 6.28. The molecule has 0 saturated carbocycles. The number of furan rings is 1. The Morgan fingerprint density at radius 3 is 2.31 bits per heavy atom. The maximum absolute atomic E-state index is 6.28. The van der Waals surface area contributed by atoms with Crippen LogP contribution in [0.4, 0.5) is 0 Å². The van der Waals surface area contributed by atoms with Gasteiger partial charge in [0.25, 0.3) is 0 Å². The fraction of sp³-hybridized carbons (Fsp3) is 0.143. The van der Waals surface area contributed by atoms with Crippen molar-refractivity contribution in [2.45, 2.75) is 26.2 Å². The zero-order valence-corrected chi connectivity index (χ0v) is 16.7. The minimum absolute atomic E-state index is 0.539. The third-order valence-electron chi connectivity index (χ3n) is 6.30. The summed E-state index contributed by atoms with van der Waals surface area (Å²) in [6, 6.07) is 28.6. The summed E-state index contributed by atoms with van der Waals surface area (Å²) in [7, 11) is 0. The van der Waals surface area contributed by atoms with Crippen molar-refractivity contribution in [1.29, 1.82) is 0 Å². The zero-order valence-electron chi connectivity index (χ0n) is 16.7. The Labute approximate surface area is 170 Å². The summed E-state index contributed by atoms with van der Waals surface area (Å²) in [4.78, 5) is 0. The molecular formula is C28H22O. The van der Waals surface area contributed by atoms with Crippen LogP contribution in [0.5, 0.6) is 0 Å². The topological polar surface area (TPSA) is 13.1 Å². The molecule has 0 N–H and O–H groups in total. The minimum atomic E-state index is 0.539. The van der Waals surface area contributed by atoms with Gasteiger partial charge in [0.2, 0.25) is 0 Å². The smallest absolute Gasteiger partial charge is 0.143 e. The normalized spacial score (nSPS) is 12.7. The van der Waals surface area contributed by atoms with Gasteiger partial charge in [0.1, 0.15) is 11.2 Å². The molecule has 6 rings (SSSR count). The lowest BCUT2D eigenvalue weighted by molar-refractivity contribution is 0.670. The van der Waals surface area contributed by atoms with Gasteiger partial charge in [0.15, 0.2) is 0 Å². The van der Waals surface area contributed by atoms with Gasteiger partial charge in [-0.15, -0.1) is 0 Å². The second-order valence-electron chi connectivity index (χ2n) is 8.40. The van der Waals surface area contributed by atoms with Crippen molar-refractivity contribution >= 4 is 21.9 Å². The second-order valence-corrected chi connectivity index (χ2v) is 8.40. The van der Waals surface area contributed by atoms with E-state index in [2.05, 4.69) is 80.6 Å². The molecule has 1 aliphatic rings. The third-order valence-corrected chi connectivity index (χ3v) is 6.30. The molecule has 1 heteroatoms. The lowest BCUT2D eigenvalue weighted by atomic mass is 9.95. The highest BCUT2D eigenvalue weighted by Gasteiger charge is 2.21. The van der Waals surface area contributed by atoms with Crippen LogP contribution in [0, 0.1) is 0 Å². The molecule has 0 saturated heterocycles. The number of benzene rings is 4. The molecule has 1 heterocycles. The molecule has 0 fully saturated rings. The molecule has 1 aliphatic carbocycles. The van der Waals surface area contributed by atoms with Crippen molar-refractivity contribution in [3.63, 3.8) is 0 Å². The number of hydrogen-bond donors (Lipinski definition) is 0. The maximum atomic E-state index is 6.28. The van der Waals surface area contributed by atoms with Gasteiger partial charge >= 0.3 is 0 Å². The highest BCUT2D eigenvalue weighted by atomic mass is 16.3. The Morgan fingerprint density at radius 2 is 1.45 bits per heavy atom. The Kier molecular flexibility index (Phi) is 3.49. The van der Waals surface area contributed by atoms with Crippen LogP contribution >= 0.6 is 0 Å². The monoisotopic (exact) mass is 374 g/mol. The van der Waals surface area contributed by atoms with Crippen LogP contribution in [0.2, 0.25) is 0 Å². The molecule has 0 unspecified atom stereocenters. The molecule has 0 aliphatic heterocycles. The molecule has 0 atom stereocenters. The van der Waals surface area contributed by atoms with Crippen molar-refractivity contribution < 1.29 is 4.42 Å². The molecule has 0 bridgehead atoms. The number of hydrogen-bond acceptors (Lipinski definition) is 1. The van der Waals surface area contributed by atoms with Gasteiger partial charge < -0.3 is 4.42 Å². The highest BCUT2D eigenvalue weighted by molar-refractivity contribution is 6.09. The van der Waals surface area contributed by atoms with Crippen LogP contribution in [-0.2, 0) is 6.42 Å². The van der Waals surface area contributed by atoms with E-state index in [1.54, 1.807) is 0 Å². The summed E-state index contributed by atoms with van der Waals surface area (Å²) in [6.07, 6.45) is 1.03. The van der Waals surface area contributed by atoms with Gasteiger partial charge in [-0.05, 0) is 57.9 Å². The predicted octanol–water partition coefficient (Wildman–Crippen LogP) is 7.95. The predicted molar refractivity (Wildman–Crippen MR) is 121 cm³/mol. The Balaban J connectivity index is 1.56. The Morgan fingerprint density at radius 1 is 0.690 bits per heavy atom. The van der Waals surface area contributed by atoms with E-state index in [9.17, 15) is 0 Å². The van der Waals surface area contributed by atoms with Gasteiger partial charge in [-0.2, -0.15) is 0 Å². The average Bonchev–Trinajstić information content (AvgIpc) is 3.30. The standard InChI is InChI=1S/C28H22O/c1-17(2)18-10-11-19-14-20-12-13-21(16-26(20)25(19)15-18)22-7-5-8-24-23-6-3-4-9-27(23)29-28(22)24/h3-13,15-17H,14H2,1-2H3. The summed E-state index contributed by atoms with van der Waals surface area (Å²) in [5.41, 5.74) is 11.3. The lowest BCUT2D eigenvalue weighted by Crippen LogP contribution is -1.89. The first kappa shape index (κ1) is 16.6. The average molecular weight is 374 g/mol. The minimum Gasteiger partial charge on any atom is -0.455 e. The van der Waals surface area contributed by atoms with Crippen molar-refractivity contribution in [3.05, 3.63) is 95.6 Å². The molecule has 0 amide bonds. The molecule has 0 spiro atoms. The molecule has 29 heavy (non-hydrogen) atoms. The van der Waals surface area contributed by atoms with Crippen molar-refractivity contribution in [2.24, 2.45) is 0 Å². The number of rotatable bonds is 2. The van der Waals surface area contributed by atoms with Crippen LogP contribution in [-0.4, -0.2) is 0 Å². The fourth-order valence-electron chi connectivity index (χ4n) is 4.69. The van der Waals surface area contributed by atoms with Gasteiger partial charge in [0.05, 0.1) is 0 Å². The molecular weight excluding hydrogens is 352 g/mol. The van der Waals surface area contributed by atoms with Crippen molar-refractivity contribution in [3.8, 4) is 22.3 Å². The summed E-state index contributed by atoms with van der Waals surface area (Å²) in [5.74, 6) is 0.539. The fourth-order valence-corrected chi connectivity index (χ4v) is 4.69. The van der Waals surface area contributed by atoms with Crippen LogP contribution in [0.15, 0.2) is 83.3 Å². The first-order valence-electron chi connectivity index (χ1n) is 10.4. The second kappa shape index (κ2) is 6.09. The quantitative estimate of drug-likeness (QED) is 0.300. The van der Waals surface area contributed by atoms with Crippen molar-refractivity contribution in [1.82, 2.24) is 0 Å². The van der Waals surface area contributed by atoms with E-state index in [-0.39, 0.29) is 0 Å². The van der Waals surface area contributed by atoms with E-state index in [1.165, 1.54) is 44.2 Å². The largest absolute Gasteiger partial charge is 0.455 e. The van der Waals surface area contributed by atoms with Gasteiger partial charge in [0, 0.05) is 16.3 Å². The summed E-state index contributed by atoms with van der Waals surface area (Å²) in [6.45, 7) is 4.52. The molecule has 4 aromatic carbocycles. The molecule has 140 valence electrons. The highest BCUT2D eigenvalue weighted by Crippen LogP contribution is 2.42. The lowest BCUT2D eigenvalue weighted by Gasteiger charge is -2.10. The van der Waals surface area contributed by atoms with Gasteiger partial charge in [-0.3, -0.25) is 0 Å². The van der Waals surface area contributed by atoms with E-state index in [1.807, 2.05) is 12.1 Å². The van der Waals surface area contributed by atoms with E-state index in [0.29, 0.717) is 5.92 Å². The number of fused-ring (bicyclic) bond motifs is 6. The Bertz CT molecular complexity index is 1400. The van der Waals surface area contributed by atoms with Crippen LogP contribution in [0.3, 0.4) is 0 Å². The van der Waals surface area contributed by atoms with E-state index < -0.39 is 0 Å². The summed E-state index contributed by atoms with van der Waals surface area (Å²) in [5, 5.41) is 2.36. The maximum Gasteiger partial charge on any atom is 0.143 e. The first-order chi connectivity index (χ1) is 14.2. The third kappa shape index (κ3) is 2.47. The molecule has 5 aromatic rings. The van der Waals surface area contributed by atoms with Crippen molar-refractivity contribution in [2.75, 3.05) is 0 Å². The Hall–Kier alpha value is -3.32. The van der Waals surface area contributed by atoms with Crippen LogP contribution in [0.1, 0.15) is 36.5 Å². The van der Waals surface area contributed by atoms with Crippen LogP contribution in [0.25, 0.3) is 44.2 Å². The zero-order chi connectivity index (χ0) is 19.5. The first-order valence-corrected chi connectivity index (χ1v) is 10.4. The van der Waals surface area contributed by atoms with E-state index >= 15 is 0 Å². The van der Waals surface area contributed by atoms with E-state index in [4.69, 9.17) is 4.42 Å². The van der Waals surface area contributed by atoms with Gasteiger partial charge in [-0.1, -0.05) is 80.6 Å². The molecule has 1 aromatic heterocycles.